The van der Waals surface area contributed by atoms with Crippen LogP contribution in [0.5, 0.6) is 0 Å². The molecule has 2 aromatic carbocycles. The molecule has 224 valence electrons. The predicted molar refractivity (Wildman–Crippen MR) is 175 cm³/mol. The largest absolute Gasteiger partial charge is 0.395 e. The molecule has 0 unspecified atom stereocenters. The first-order chi connectivity index (χ1) is 20.8. The second kappa shape index (κ2) is 12.6. The van der Waals surface area contributed by atoms with Crippen LogP contribution >= 0.6 is 11.9 Å². The number of nitrogens with zero attached hydrogens (tertiary/aromatic N) is 5. The lowest BCUT2D eigenvalue weighted by atomic mass is 9.98. The van der Waals surface area contributed by atoms with Gasteiger partial charge in [0.05, 0.1) is 36.2 Å². The van der Waals surface area contributed by atoms with Gasteiger partial charge in [0.25, 0.3) is 0 Å². The van der Waals surface area contributed by atoms with Crippen LogP contribution in [0.25, 0.3) is 32.9 Å². The zero-order valence-electron chi connectivity index (χ0n) is 24.9. The number of aryl methyl sites for hydroxylation is 1. The molecule has 6 rings (SSSR count). The third-order valence-corrected chi connectivity index (χ3v) is 8.97. The number of fused-ring (bicyclic) bond motifs is 2. The molecule has 0 bridgehead atoms. The summed E-state index contributed by atoms with van der Waals surface area (Å²) < 4.78 is 5.47. The van der Waals surface area contributed by atoms with Gasteiger partial charge in [-0.2, -0.15) is 5.10 Å². The first kappa shape index (κ1) is 29.5. The van der Waals surface area contributed by atoms with Gasteiger partial charge in [0.1, 0.15) is 5.82 Å². The van der Waals surface area contributed by atoms with Gasteiger partial charge in [-0.05, 0) is 107 Å². The second-order valence-electron chi connectivity index (χ2n) is 11.9. The van der Waals surface area contributed by atoms with Crippen LogP contribution in [-0.2, 0) is 6.54 Å². The van der Waals surface area contributed by atoms with E-state index in [1.807, 2.05) is 29.3 Å². The SMILES string of the molecule is Cc1c(-c2nccc3cnc(Nc4ccc(SNC5CCN(CCO)CC5)cc4)cc23)ccc2c1cnn2CC(C)(C)O. The number of nitrogens with one attached hydrogen (secondary N) is 2. The van der Waals surface area contributed by atoms with Crippen molar-refractivity contribution in [3.05, 3.63) is 72.7 Å². The molecule has 0 amide bonds. The molecule has 1 saturated heterocycles. The summed E-state index contributed by atoms with van der Waals surface area (Å²) >= 11 is 1.68. The van der Waals surface area contributed by atoms with E-state index in [1.54, 1.807) is 25.8 Å². The van der Waals surface area contributed by atoms with Crippen molar-refractivity contribution in [3.63, 3.8) is 0 Å². The van der Waals surface area contributed by atoms with Crippen molar-refractivity contribution >= 4 is 45.1 Å². The lowest BCUT2D eigenvalue weighted by Crippen LogP contribution is -2.41. The van der Waals surface area contributed by atoms with Crippen LogP contribution in [0.4, 0.5) is 11.5 Å². The van der Waals surface area contributed by atoms with E-state index in [4.69, 9.17) is 10.1 Å². The van der Waals surface area contributed by atoms with E-state index >= 15 is 0 Å². The Balaban J connectivity index is 1.17. The highest BCUT2D eigenvalue weighted by atomic mass is 32.2. The minimum absolute atomic E-state index is 0.231. The Labute approximate surface area is 256 Å². The molecule has 4 heterocycles. The number of likely N-dealkylation sites (tertiary alicyclic amines) is 1. The zero-order valence-corrected chi connectivity index (χ0v) is 25.7. The Morgan fingerprint density at radius 1 is 1.00 bits per heavy atom. The van der Waals surface area contributed by atoms with Crippen molar-refractivity contribution in [1.29, 1.82) is 0 Å². The van der Waals surface area contributed by atoms with Crippen LogP contribution in [0, 0.1) is 6.92 Å². The van der Waals surface area contributed by atoms with E-state index in [0.717, 1.165) is 87.4 Å². The number of pyridine rings is 2. The molecule has 1 aliphatic heterocycles. The molecule has 0 atom stereocenters. The van der Waals surface area contributed by atoms with Crippen molar-refractivity contribution in [2.75, 3.05) is 31.6 Å². The van der Waals surface area contributed by atoms with E-state index in [0.29, 0.717) is 12.6 Å². The Morgan fingerprint density at radius 2 is 1.79 bits per heavy atom. The quantitative estimate of drug-likeness (QED) is 0.155. The van der Waals surface area contributed by atoms with Gasteiger partial charge in [-0.15, -0.1) is 0 Å². The summed E-state index contributed by atoms with van der Waals surface area (Å²) in [6.45, 7) is 9.16. The maximum absolute atomic E-state index is 10.3. The maximum Gasteiger partial charge on any atom is 0.130 e. The fourth-order valence-corrected chi connectivity index (χ4v) is 6.52. The normalized spacial score (nSPS) is 15.0. The van der Waals surface area contributed by atoms with Crippen molar-refractivity contribution in [2.24, 2.45) is 0 Å². The van der Waals surface area contributed by atoms with Crippen LogP contribution in [0.2, 0.25) is 0 Å². The summed E-state index contributed by atoms with van der Waals surface area (Å²) in [5.74, 6) is 0.756. The second-order valence-corrected chi connectivity index (χ2v) is 12.9. The number of hydrogen-bond donors (Lipinski definition) is 4. The lowest BCUT2D eigenvalue weighted by molar-refractivity contribution is 0.0591. The standard InChI is InChI=1S/C33H39N7O2S/c1-22-27(8-9-30-29(22)20-36-40(30)21-33(2,3)42)32-28-18-31(35-19-23(28)10-13-34-32)37-24-4-6-26(7-5-24)43-38-25-11-14-39(15-12-25)16-17-41/h4-10,13,18-20,25,38,41-42H,11-12,14-17,21H2,1-3H3,(H,35,37). The van der Waals surface area contributed by atoms with Gasteiger partial charge in [0.15, 0.2) is 0 Å². The predicted octanol–water partition coefficient (Wildman–Crippen LogP) is 5.52. The summed E-state index contributed by atoms with van der Waals surface area (Å²) in [5.41, 5.74) is 4.16. The lowest BCUT2D eigenvalue weighted by Gasteiger charge is -2.31. The molecule has 0 spiro atoms. The van der Waals surface area contributed by atoms with Crippen LogP contribution in [0.15, 0.2) is 72.0 Å². The Kier molecular flexibility index (Phi) is 8.65. The topological polar surface area (TPSA) is 111 Å². The van der Waals surface area contributed by atoms with Crippen LogP contribution in [0.3, 0.4) is 0 Å². The molecule has 9 nitrogen and oxygen atoms in total. The molecule has 10 heteroatoms. The average molecular weight is 598 g/mol. The maximum atomic E-state index is 10.3. The third kappa shape index (κ3) is 6.84. The van der Waals surface area contributed by atoms with Gasteiger partial charge in [-0.3, -0.25) is 14.4 Å². The highest BCUT2D eigenvalue weighted by Crippen LogP contribution is 2.34. The molecule has 1 aliphatic rings. The Bertz CT molecular complexity index is 1710. The monoisotopic (exact) mass is 597 g/mol. The van der Waals surface area contributed by atoms with Gasteiger partial charge in [-0.25, -0.2) is 4.98 Å². The van der Waals surface area contributed by atoms with E-state index in [9.17, 15) is 5.11 Å². The van der Waals surface area contributed by atoms with Gasteiger partial charge in [0, 0.05) is 57.3 Å². The molecule has 5 aromatic rings. The molecule has 43 heavy (non-hydrogen) atoms. The van der Waals surface area contributed by atoms with Gasteiger partial charge < -0.3 is 20.4 Å². The smallest absolute Gasteiger partial charge is 0.130 e. The van der Waals surface area contributed by atoms with Crippen molar-refractivity contribution in [2.45, 2.75) is 56.7 Å². The summed E-state index contributed by atoms with van der Waals surface area (Å²) in [4.78, 5) is 13.0. The minimum Gasteiger partial charge on any atom is -0.395 e. The number of aromatic nitrogens is 4. The summed E-state index contributed by atoms with van der Waals surface area (Å²) in [6, 6.07) is 17.1. The number of aliphatic hydroxyl groups is 2. The summed E-state index contributed by atoms with van der Waals surface area (Å²) in [6.07, 6.45) is 7.78. The van der Waals surface area contributed by atoms with Gasteiger partial charge in [-0.1, -0.05) is 6.07 Å². The summed E-state index contributed by atoms with van der Waals surface area (Å²) in [7, 11) is 0. The molecule has 0 radical (unpaired) electrons. The third-order valence-electron chi connectivity index (χ3n) is 8.01. The number of anilines is 2. The van der Waals surface area contributed by atoms with E-state index in [-0.39, 0.29) is 6.61 Å². The minimum atomic E-state index is -0.853. The van der Waals surface area contributed by atoms with Crippen molar-refractivity contribution < 1.29 is 10.2 Å². The Hall–Kier alpha value is -3.54. The molecular formula is C33H39N7O2S. The molecule has 1 fully saturated rings. The number of β-amino-alcohol motifs (C(OH)–C–C–N with tert-alkyl or cyclic N) is 1. The first-order valence-electron chi connectivity index (χ1n) is 14.8. The van der Waals surface area contributed by atoms with Crippen molar-refractivity contribution in [1.82, 2.24) is 29.4 Å². The average Bonchev–Trinajstić information content (AvgIpc) is 3.39. The van der Waals surface area contributed by atoms with E-state index in [2.05, 4.69) is 74.4 Å². The molecular weight excluding hydrogens is 558 g/mol. The number of hydrogen-bond acceptors (Lipinski definition) is 9. The van der Waals surface area contributed by atoms with Crippen molar-refractivity contribution in [3.8, 4) is 11.3 Å². The van der Waals surface area contributed by atoms with Gasteiger partial charge >= 0.3 is 0 Å². The molecule has 4 N–H and O–H groups in total. The highest BCUT2D eigenvalue weighted by Gasteiger charge is 2.20. The van der Waals surface area contributed by atoms with Crippen LogP contribution in [0.1, 0.15) is 32.3 Å². The first-order valence-corrected chi connectivity index (χ1v) is 15.6. The van der Waals surface area contributed by atoms with Crippen LogP contribution < -0.4 is 10.0 Å². The number of aliphatic hydroxyl groups excluding tert-OH is 1. The molecule has 0 saturated carbocycles. The van der Waals surface area contributed by atoms with E-state index in [1.165, 1.54) is 0 Å². The fourth-order valence-electron chi connectivity index (χ4n) is 5.71. The summed E-state index contributed by atoms with van der Waals surface area (Å²) in [5, 5.41) is 30.6. The number of benzene rings is 2. The zero-order chi connectivity index (χ0) is 30.0. The van der Waals surface area contributed by atoms with Crippen LogP contribution in [-0.4, -0.2) is 72.7 Å². The molecule has 3 aromatic heterocycles. The Morgan fingerprint density at radius 3 is 2.53 bits per heavy atom. The van der Waals surface area contributed by atoms with E-state index < -0.39 is 5.60 Å². The fraction of sp³-hybridized carbons (Fsp3) is 0.364. The number of rotatable bonds is 10. The van der Waals surface area contributed by atoms with Gasteiger partial charge in [0.2, 0.25) is 0 Å². The number of piperidine rings is 1. The molecule has 0 aliphatic carbocycles. The highest BCUT2D eigenvalue weighted by molar-refractivity contribution is 7.97.